The van der Waals surface area contributed by atoms with Crippen molar-refractivity contribution in [3.63, 3.8) is 0 Å². The number of methoxy groups -OCH3 is 1. The fraction of sp³-hybridized carbons (Fsp3) is 0.933. The molecule has 0 spiro atoms. The van der Waals surface area contributed by atoms with Gasteiger partial charge in [0.1, 0.15) is 5.78 Å². The number of carbonyl (C=O) groups is 1. The summed E-state index contributed by atoms with van der Waals surface area (Å²) in [7, 11) is 1.71. The minimum absolute atomic E-state index is 0.0658. The molecular weight excluding hydrogens is 228 g/mol. The van der Waals surface area contributed by atoms with Crippen molar-refractivity contribution in [2.45, 2.75) is 65.4 Å². The molecule has 0 aromatic heterocycles. The Morgan fingerprint density at radius 3 is 2.44 bits per heavy atom. The Labute approximate surface area is 112 Å². The number of ether oxygens (including phenoxy) is 2. The smallest absolute Gasteiger partial charge is 0.130 e. The van der Waals surface area contributed by atoms with Crippen LogP contribution in [0.3, 0.4) is 0 Å². The molecule has 108 valence electrons. The number of hydrogen-bond donors (Lipinski definition) is 0. The Kier molecular flexibility index (Phi) is 9.29. The highest BCUT2D eigenvalue weighted by molar-refractivity contribution is 5.75. The summed E-state index contributed by atoms with van der Waals surface area (Å²) in [6, 6.07) is 0. The second-order valence-electron chi connectivity index (χ2n) is 5.86. The highest BCUT2D eigenvalue weighted by atomic mass is 16.5. The van der Waals surface area contributed by atoms with Crippen molar-refractivity contribution in [2.75, 3.05) is 20.3 Å². The molecule has 0 radical (unpaired) electrons. The molecule has 0 aliphatic rings. The summed E-state index contributed by atoms with van der Waals surface area (Å²) in [6.07, 6.45) is 4.91. The van der Waals surface area contributed by atoms with Gasteiger partial charge in [-0.15, -0.1) is 0 Å². The van der Waals surface area contributed by atoms with Gasteiger partial charge in [0, 0.05) is 26.7 Å². The van der Waals surface area contributed by atoms with Gasteiger partial charge in [0.15, 0.2) is 0 Å². The van der Waals surface area contributed by atoms with Gasteiger partial charge < -0.3 is 14.3 Å². The lowest BCUT2D eigenvalue weighted by Crippen LogP contribution is -2.25. The van der Waals surface area contributed by atoms with Gasteiger partial charge in [-0.1, -0.05) is 19.8 Å². The summed E-state index contributed by atoms with van der Waals surface area (Å²) >= 11 is 0. The van der Waals surface area contributed by atoms with Crippen LogP contribution in [0.1, 0.15) is 59.8 Å². The van der Waals surface area contributed by atoms with Crippen LogP contribution in [0.15, 0.2) is 0 Å². The SMILES string of the molecule is COCCCOC(C)(C)CCCC(C)CC(C)=O. The summed E-state index contributed by atoms with van der Waals surface area (Å²) in [5.74, 6) is 0.782. The third-order valence-corrected chi connectivity index (χ3v) is 3.10. The zero-order chi connectivity index (χ0) is 14.0. The van der Waals surface area contributed by atoms with Crippen molar-refractivity contribution in [1.82, 2.24) is 0 Å². The molecule has 0 N–H and O–H groups in total. The second-order valence-corrected chi connectivity index (χ2v) is 5.86. The van der Waals surface area contributed by atoms with E-state index in [2.05, 4.69) is 20.8 Å². The Morgan fingerprint density at radius 1 is 1.22 bits per heavy atom. The lowest BCUT2D eigenvalue weighted by atomic mass is 9.94. The standard InChI is InChI=1S/C15H30O3/c1-13(12-14(2)16)8-6-9-15(3,4)18-11-7-10-17-5/h13H,6-12H2,1-5H3. The molecule has 0 saturated heterocycles. The van der Waals surface area contributed by atoms with Crippen molar-refractivity contribution >= 4 is 5.78 Å². The lowest BCUT2D eigenvalue weighted by molar-refractivity contribution is -0.117. The Morgan fingerprint density at radius 2 is 1.89 bits per heavy atom. The highest BCUT2D eigenvalue weighted by Crippen LogP contribution is 2.21. The monoisotopic (exact) mass is 258 g/mol. The predicted octanol–water partition coefficient (Wildman–Crippen LogP) is 3.60. The quantitative estimate of drug-likeness (QED) is 0.531. The van der Waals surface area contributed by atoms with E-state index < -0.39 is 0 Å². The van der Waals surface area contributed by atoms with E-state index in [0.29, 0.717) is 12.3 Å². The third kappa shape index (κ3) is 10.7. The third-order valence-electron chi connectivity index (χ3n) is 3.10. The van der Waals surface area contributed by atoms with Crippen LogP contribution in [0.4, 0.5) is 0 Å². The Bertz CT molecular complexity index is 224. The molecule has 3 nitrogen and oxygen atoms in total. The fourth-order valence-corrected chi connectivity index (χ4v) is 2.09. The zero-order valence-electron chi connectivity index (χ0n) is 12.8. The largest absolute Gasteiger partial charge is 0.385 e. The van der Waals surface area contributed by atoms with Crippen LogP contribution in [-0.4, -0.2) is 31.7 Å². The molecule has 1 atom stereocenters. The first kappa shape index (κ1) is 17.6. The van der Waals surface area contributed by atoms with E-state index in [1.807, 2.05) is 0 Å². The molecule has 18 heavy (non-hydrogen) atoms. The minimum Gasteiger partial charge on any atom is -0.385 e. The first-order valence-corrected chi connectivity index (χ1v) is 6.99. The molecular formula is C15H30O3. The normalized spacial score (nSPS) is 13.6. The molecule has 0 bridgehead atoms. The van der Waals surface area contributed by atoms with E-state index in [1.165, 1.54) is 0 Å². The van der Waals surface area contributed by atoms with Gasteiger partial charge in [0.05, 0.1) is 5.60 Å². The second kappa shape index (κ2) is 9.51. The molecule has 0 heterocycles. The van der Waals surface area contributed by atoms with Gasteiger partial charge in [-0.05, 0) is 39.5 Å². The molecule has 0 saturated carbocycles. The van der Waals surface area contributed by atoms with Gasteiger partial charge >= 0.3 is 0 Å². The maximum absolute atomic E-state index is 11.0. The number of ketones is 1. The average Bonchev–Trinajstić information content (AvgIpc) is 2.23. The van der Waals surface area contributed by atoms with Gasteiger partial charge in [0.25, 0.3) is 0 Å². The Balaban J connectivity index is 3.65. The Hall–Kier alpha value is -0.410. The summed E-state index contributed by atoms with van der Waals surface area (Å²) in [4.78, 5) is 11.0. The van der Waals surface area contributed by atoms with E-state index in [0.717, 1.165) is 38.9 Å². The van der Waals surface area contributed by atoms with Crippen molar-refractivity contribution in [3.05, 3.63) is 0 Å². The molecule has 3 heteroatoms. The molecule has 0 fully saturated rings. The van der Waals surface area contributed by atoms with E-state index in [-0.39, 0.29) is 11.4 Å². The number of carbonyl (C=O) groups excluding carboxylic acids is 1. The summed E-state index contributed by atoms with van der Waals surface area (Å²) < 4.78 is 10.8. The zero-order valence-corrected chi connectivity index (χ0v) is 12.8. The molecule has 0 aliphatic heterocycles. The van der Waals surface area contributed by atoms with Crippen LogP contribution >= 0.6 is 0 Å². The summed E-state index contributed by atoms with van der Waals surface area (Å²) in [6.45, 7) is 9.59. The number of hydrogen-bond acceptors (Lipinski definition) is 3. The van der Waals surface area contributed by atoms with Crippen molar-refractivity contribution in [1.29, 1.82) is 0 Å². The molecule has 0 amide bonds. The van der Waals surface area contributed by atoms with Gasteiger partial charge in [0.2, 0.25) is 0 Å². The topological polar surface area (TPSA) is 35.5 Å². The van der Waals surface area contributed by atoms with Crippen LogP contribution in [0.2, 0.25) is 0 Å². The average molecular weight is 258 g/mol. The van der Waals surface area contributed by atoms with E-state index in [9.17, 15) is 4.79 Å². The van der Waals surface area contributed by atoms with Crippen LogP contribution in [0.25, 0.3) is 0 Å². The van der Waals surface area contributed by atoms with Crippen molar-refractivity contribution in [2.24, 2.45) is 5.92 Å². The molecule has 0 aromatic carbocycles. The summed E-state index contributed by atoms with van der Waals surface area (Å²) in [5, 5.41) is 0. The van der Waals surface area contributed by atoms with E-state index >= 15 is 0 Å². The molecule has 0 aromatic rings. The predicted molar refractivity (Wildman–Crippen MR) is 74.8 cm³/mol. The number of Topliss-reactive ketones (excluding diaryl/α,β-unsaturated/α-hetero) is 1. The number of rotatable bonds is 11. The minimum atomic E-state index is -0.0658. The maximum Gasteiger partial charge on any atom is 0.130 e. The van der Waals surface area contributed by atoms with Gasteiger partial charge in [-0.25, -0.2) is 0 Å². The van der Waals surface area contributed by atoms with E-state index in [4.69, 9.17) is 9.47 Å². The first-order valence-electron chi connectivity index (χ1n) is 6.99. The lowest BCUT2D eigenvalue weighted by Gasteiger charge is -2.26. The van der Waals surface area contributed by atoms with E-state index in [1.54, 1.807) is 14.0 Å². The highest BCUT2D eigenvalue weighted by Gasteiger charge is 2.18. The van der Waals surface area contributed by atoms with Crippen molar-refractivity contribution < 1.29 is 14.3 Å². The summed E-state index contributed by atoms with van der Waals surface area (Å²) in [5.41, 5.74) is -0.0658. The molecule has 0 aliphatic carbocycles. The van der Waals surface area contributed by atoms with Crippen LogP contribution in [0.5, 0.6) is 0 Å². The fourth-order valence-electron chi connectivity index (χ4n) is 2.09. The maximum atomic E-state index is 11.0. The van der Waals surface area contributed by atoms with Crippen LogP contribution in [0, 0.1) is 5.92 Å². The van der Waals surface area contributed by atoms with Gasteiger partial charge in [-0.2, -0.15) is 0 Å². The molecule has 0 rings (SSSR count). The van der Waals surface area contributed by atoms with Crippen LogP contribution in [-0.2, 0) is 14.3 Å². The molecule has 1 unspecified atom stereocenters. The van der Waals surface area contributed by atoms with Gasteiger partial charge in [-0.3, -0.25) is 0 Å². The van der Waals surface area contributed by atoms with Crippen LogP contribution < -0.4 is 0 Å². The first-order chi connectivity index (χ1) is 8.37. The van der Waals surface area contributed by atoms with Crippen molar-refractivity contribution in [3.8, 4) is 0 Å².